The normalized spacial score (nSPS) is 15.9. The quantitative estimate of drug-likeness (QED) is 0.424. The molecule has 1 saturated heterocycles. The number of oxazole rings is 1. The highest BCUT2D eigenvalue weighted by atomic mass is 19.1. The smallest absolute Gasteiger partial charge is 0.226 e. The molecule has 1 aliphatic rings. The van der Waals surface area contributed by atoms with E-state index in [1.165, 1.54) is 25.0 Å². The molecule has 3 aromatic rings. The second-order valence-electron chi connectivity index (χ2n) is 7.56. The van der Waals surface area contributed by atoms with E-state index in [-0.39, 0.29) is 11.9 Å². The molecule has 7 nitrogen and oxygen atoms in total. The number of likely N-dealkylation sites (tertiary alicyclic amines) is 1. The number of aromatic nitrogens is 1. The molecule has 31 heavy (non-hydrogen) atoms. The number of furan rings is 1. The average Bonchev–Trinajstić information content (AvgIpc) is 3.56. The molecule has 0 amide bonds. The van der Waals surface area contributed by atoms with Crippen molar-refractivity contribution < 1.29 is 13.2 Å². The molecule has 0 radical (unpaired) electrons. The molecule has 2 aromatic heterocycles. The third-order valence-corrected chi connectivity index (χ3v) is 5.46. The number of benzene rings is 1. The van der Waals surface area contributed by atoms with Gasteiger partial charge >= 0.3 is 0 Å². The van der Waals surface area contributed by atoms with Crippen LogP contribution < -0.4 is 10.6 Å². The number of hydrogen-bond acceptors (Lipinski definition) is 5. The number of aliphatic imine (C=N–C) groups is 1. The first-order chi connectivity index (χ1) is 15.2. The third kappa shape index (κ3) is 5.52. The van der Waals surface area contributed by atoms with Gasteiger partial charge in [0.25, 0.3) is 0 Å². The summed E-state index contributed by atoms with van der Waals surface area (Å²) in [5.74, 6) is 1.92. The summed E-state index contributed by atoms with van der Waals surface area (Å²) in [4.78, 5) is 11.3. The molecule has 164 valence electrons. The maximum absolute atomic E-state index is 13.1. The van der Waals surface area contributed by atoms with Gasteiger partial charge in [-0.25, -0.2) is 9.37 Å². The summed E-state index contributed by atoms with van der Waals surface area (Å²) in [5.41, 5.74) is 1.58. The topological polar surface area (TPSA) is 78.8 Å². The van der Waals surface area contributed by atoms with E-state index in [1.54, 1.807) is 31.7 Å². The van der Waals surface area contributed by atoms with Crippen molar-refractivity contribution in [1.29, 1.82) is 0 Å². The predicted molar refractivity (Wildman–Crippen MR) is 117 cm³/mol. The largest absolute Gasteiger partial charge is 0.468 e. The molecular weight excluding hydrogens is 397 g/mol. The SMILES string of the molecule is CN=C(NCCc1coc(-c2ccc(F)cc2)n1)NCC(c1ccco1)N1CCCC1. The zero-order chi connectivity index (χ0) is 21.5. The Balaban J connectivity index is 1.27. The minimum absolute atomic E-state index is 0.185. The molecule has 3 heterocycles. The lowest BCUT2D eigenvalue weighted by atomic mass is 10.2. The minimum Gasteiger partial charge on any atom is -0.468 e. The summed E-state index contributed by atoms with van der Waals surface area (Å²) < 4.78 is 24.3. The van der Waals surface area contributed by atoms with Crippen molar-refractivity contribution in [2.75, 3.05) is 33.2 Å². The van der Waals surface area contributed by atoms with Gasteiger partial charge < -0.3 is 19.5 Å². The summed E-state index contributed by atoms with van der Waals surface area (Å²) in [5, 5.41) is 6.74. The summed E-state index contributed by atoms with van der Waals surface area (Å²) in [6.07, 6.45) is 6.49. The molecule has 0 spiro atoms. The summed E-state index contributed by atoms with van der Waals surface area (Å²) in [6, 6.07) is 10.3. The van der Waals surface area contributed by atoms with Gasteiger partial charge in [-0.15, -0.1) is 0 Å². The van der Waals surface area contributed by atoms with Crippen molar-refractivity contribution in [2.24, 2.45) is 4.99 Å². The molecule has 1 aliphatic heterocycles. The molecule has 0 aliphatic carbocycles. The Labute approximate surface area is 181 Å². The van der Waals surface area contributed by atoms with Crippen LogP contribution in [0.3, 0.4) is 0 Å². The minimum atomic E-state index is -0.280. The van der Waals surface area contributed by atoms with Gasteiger partial charge in [0.2, 0.25) is 5.89 Å². The maximum atomic E-state index is 13.1. The molecule has 0 bridgehead atoms. The highest BCUT2D eigenvalue weighted by Gasteiger charge is 2.25. The van der Waals surface area contributed by atoms with Gasteiger partial charge in [-0.3, -0.25) is 9.89 Å². The van der Waals surface area contributed by atoms with E-state index in [4.69, 9.17) is 8.83 Å². The Morgan fingerprint density at radius 2 is 1.97 bits per heavy atom. The highest BCUT2D eigenvalue weighted by Crippen LogP contribution is 2.25. The maximum Gasteiger partial charge on any atom is 0.226 e. The van der Waals surface area contributed by atoms with Crippen molar-refractivity contribution in [1.82, 2.24) is 20.5 Å². The molecule has 0 saturated carbocycles. The molecule has 4 rings (SSSR count). The van der Waals surface area contributed by atoms with Crippen molar-refractivity contribution >= 4 is 5.96 Å². The van der Waals surface area contributed by atoms with Crippen molar-refractivity contribution in [2.45, 2.75) is 25.3 Å². The van der Waals surface area contributed by atoms with Crippen molar-refractivity contribution in [3.05, 3.63) is 66.2 Å². The Kier molecular flexibility index (Phi) is 6.99. The monoisotopic (exact) mass is 425 g/mol. The lowest BCUT2D eigenvalue weighted by Gasteiger charge is -2.26. The predicted octanol–water partition coefficient (Wildman–Crippen LogP) is 3.62. The lowest BCUT2D eigenvalue weighted by molar-refractivity contribution is 0.215. The van der Waals surface area contributed by atoms with Crippen LogP contribution in [0.1, 0.15) is 30.3 Å². The first-order valence-corrected chi connectivity index (χ1v) is 10.7. The van der Waals surface area contributed by atoms with Crippen molar-refractivity contribution in [3.8, 4) is 11.5 Å². The van der Waals surface area contributed by atoms with Gasteiger partial charge in [0, 0.05) is 32.1 Å². The van der Waals surface area contributed by atoms with Crippen molar-refractivity contribution in [3.63, 3.8) is 0 Å². The van der Waals surface area contributed by atoms with E-state index in [2.05, 4.69) is 25.5 Å². The van der Waals surface area contributed by atoms with Crippen LogP contribution in [-0.2, 0) is 6.42 Å². The fraction of sp³-hybridized carbons (Fsp3) is 0.391. The van der Waals surface area contributed by atoms with Crippen LogP contribution in [0.25, 0.3) is 11.5 Å². The number of hydrogen-bond donors (Lipinski definition) is 2. The Morgan fingerprint density at radius 3 is 2.68 bits per heavy atom. The second-order valence-corrected chi connectivity index (χ2v) is 7.56. The molecule has 1 aromatic carbocycles. The molecule has 1 unspecified atom stereocenters. The highest BCUT2D eigenvalue weighted by molar-refractivity contribution is 5.79. The van der Waals surface area contributed by atoms with E-state index in [9.17, 15) is 4.39 Å². The summed E-state index contributed by atoms with van der Waals surface area (Å²) in [7, 11) is 1.76. The van der Waals surface area contributed by atoms with E-state index < -0.39 is 0 Å². The van der Waals surface area contributed by atoms with Crippen LogP contribution in [0.2, 0.25) is 0 Å². The number of rotatable bonds is 8. The van der Waals surface area contributed by atoms with E-state index in [1.807, 2.05) is 12.1 Å². The molecule has 8 heteroatoms. The van der Waals surface area contributed by atoms with Gasteiger partial charge in [-0.05, 0) is 62.3 Å². The van der Waals surface area contributed by atoms with Crippen LogP contribution in [0, 0.1) is 5.82 Å². The fourth-order valence-electron chi connectivity index (χ4n) is 3.81. The fourth-order valence-corrected chi connectivity index (χ4v) is 3.81. The van der Waals surface area contributed by atoms with Crippen LogP contribution >= 0.6 is 0 Å². The lowest BCUT2D eigenvalue weighted by Crippen LogP contribution is -2.43. The van der Waals surface area contributed by atoms with Gasteiger partial charge in [-0.1, -0.05) is 0 Å². The summed E-state index contributed by atoms with van der Waals surface area (Å²) >= 11 is 0. The first-order valence-electron chi connectivity index (χ1n) is 10.7. The van der Waals surface area contributed by atoms with Crippen LogP contribution in [0.5, 0.6) is 0 Å². The zero-order valence-electron chi connectivity index (χ0n) is 17.7. The van der Waals surface area contributed by atoms with Gasteiger partial charge in [0.1, 0.15) is 17.8 Å². The van der Waals surface area contributed by atoms with Crippen LogP contribution in [0.15, 0.2) is 62.8 Å². The van der Waals surface area contributed by atoms with Gasteiger partial charge in [-0.2, -0.15) is 0 Å². The van der Waals surface area contributed by atoms with E-state index in [0.29, 0.717) is 25.4 Å². The van der Waals surface area contributed by atoms with E-state index in [0.717, 1.165) is 36.1 Å². The molecule has 1 atom stereocenters. The zero-order valence-corrected chi connectivity index (χ0v) is 17.7. The standard InChI is InChI=1S/C23H28FN5O2/c1-25-23(27-15-20(21-5-4-14-30-21)29-12-2-3-13-29)26-11-10-19-16-31-22(28-19)17-6-8-18(24)9-7-17/h4-9,14,16,20H,2-3,10-13,15H2,1H3,(H2,25,26,27). The third-order valence-electron chi connectivity index (χ3n) is 5.46. The first kappa shape index (κ1) is 21.1. The number of guanidine groups is 1. The van der Waals surface area contributed by atoms with Crippen LogP contribution in [0.4, 0.5) is 4.39 Å². The molecular formula is C23H28FN5O2. The number of nitrogens with zero attached hydrogens (tertiary/aromatic N) is 3. The Bertz CT molecular complexity index is 962. The number of nitrogens with one attached hydrogen (secondary N) is 2. The Hall–Kier alpha value is -3.13. The average molecular weight is 426 g/mol. The van der Waals surface area contributed by atoms with Gasteiger partial charge in [0.15, 0.2) is 5.96 Å². The summed E-state index contributed by atoms with van der Waals surface area (Å²) in [6.45, 7) is 3.54. The van der Waals surface area contributed by atoms with E-state index >= 15 is 0 Å². The molecule has 2 N–H and O–H groups in total. The molecule has 1 fully saturated rings. The number of halogens is 1. The Morgan fingerprint density at radius 1 is 1.16 bits per heavy atom. The van der Waals surface area contributed by atoms with Gasteiger partial charge in [0.05, 0.1) is 18.0 Å². The van der Waals surface area contributed by atoms with Crippen LogP contribution in [-0.4, -0.2) is 49.1 Å². The second kappa shape index (κ2) is 10.3.